The van der Waals surface area contributed by atoms with E-state index in [1.54, 1.807) is 0 Å². The van der Waals surface area contributed by atoms with Crippen LogP contribution < -0.4 is 11.3 Å². The first kappa shape index (κ1) is 19.4. The number of fused-ring (bicyclic) bond motifs is 7. The highest BCUT2D eigenvalue weighted by Gasteiger charge is 2.15. The Balaban J connectivity index is 1.57. The molecule has 6 heteroatoms. The number of ether oxygens (including phenoxy) is 2. The molecule has 5 aromatic rings. The van der Waals surface area contributed by atoms with Crippen molar-refractivity contribution >= 4 is 49.4 Å². The molecule has 4 aromatic carbocycles. The fraction of sp³-hybridized carbons (Fsp3) is 0.160. The molecule has 156 valence electrons. The van der Waals surface area contributed by atoms with E-state index in [4.69, 9.17) is 15.3 Å². The minimum absolute atomic E-state index is 0.157. The number of rotatable bonds is 6. The maximum absolute atomic E-state index is 11.0. The molecule has 0 saturated heterocycles. The minimum atomic E-state index is -0.663. The van der Waals surface area contributed by atoms with Gasteiger partial charge in [-0.2, -0.15) is 0 Å². The van der Waals surface area contributed by atoms with E-state index < -0.39 is 6.09 Å². The smallest absolute Gasteiger partial charge is 0.421 e. The van der Waals surface area contributed by atoms with E-state index in [2.05, 4.69) is 77.4 Å². The van der Waals surface area contributed by atoms with E-state index in [1.165, 1.54) is 43.4 Å². The molecule has 0 fully saturated rings. The number of nitrogens with two attached hydrogens (primary N) is 1. The van der Waals surface area contributed by atoms with Gasteiger partial charge in [-0.1, -0.05) is 66.7 Å². The first-order valence-corrected chi connectivity index (χ1v) is 10.3. The number of hydrazine groups is 1. The van der Waals surface area contributed by atoms with Crippen molar-refractivity contribution in [2.45, 2.75) is 6.54 Å². The predicted octanol–water partition coefficient (Wildman–Crippen LogP) is 4.72. The molecule has 0 atom stereocenters. The molecule has 1 amide bonds. The molecule has 0 aliphatic carbocycles. The van der Waals surface area contributed by atoms with Gasteiger partial charge in [-0.3, -0.25) is 5.43 Å². The molecule has 1 heterocycles. The average molecular weight is 413 g/mol. The number of hydrogen-bond donors (Lipinski definition) is 2. The van der Waals surface area contributed by atoms with Gasteiger partial charge in [0.15, 0.2) is 0 Å². The molecule has 0 unspecified atom stereocenters. The highest BCUT2D eigenvalue weighted by Crippen LogP contribution is 2.38. The molecule has 0 aliphatic rings. The van der Waals surface area contributed by atoms with Gasteiger partial charge >= 0.3 is 6.09 Å². The van der Waals surface area contributed by atoms with Crippen molar-refractivity contribution in [3.05, 3.63) is 72.8 Å². The fourth-order valence-electron chi connectivity index (χ4n) is 4.36. The molecule has 0 bridgehead atoms. The van der Waals surface area contributed by atoms with Crippen LogP contribution in [0.3, 0.4) is 0 Å². The molecular formula is C25H23N3O3. The average Bonchev–Trinajstić information content (AvgIpc) is 3.15. The van der Waals surface area contributed by atoms with Crippen molar-refractivity contribution in [1.82, 2.24) is 9.99 Å². The lowest BCUT2D eigenvalue weighted by atomic mass is 10.0. The number of aromatic nitrogens is 1. The highest BCUT2D eigenvalue weighted by atomic mass is 16.6. The molecule has 1 aromatic heterocycles. The third kappa shape index (κ3) is 3.46. The van der Waals surface area contributed by atoms with E-state index in [1.807, 2.05) is 5.43 Å². The number of benzene rings is 4. The van der Waals surface area contributed by atoms with Crippen LogP contribution in [0.15, 0.2) is 72.8 Å². The van der Waals surface area contributed by atoms with Crippen molar-refractivity contribution in [2.75, 3.05) is 19.8 Å². The first-order chi connectivity index (χ1) is 15.3. The molecule has 0 spiro atoms. The van der Waals surface area contributed by atoms with Crippen LogP contribution in [0, 0.1) is 0 Å². The first-order valence-electron chi connectivity index (χ1n) is 10.3. The van der Waals surface area contributed by atoms with E-state index in [0.717, 1.165) is 0 Å². The quantitative estimate of drug-likeness (QED) is 0.183. The molecule has 0 saturated carbocycles. The van der Waals surface area contributed by atoms with Gasteiger partial charge in [-0.05, 0) is 22.2 Å². The van der Waals surface area contributed by atoms with Crippen LogP contribution >= 0.6 is 0 Å². The molecule has 6 nitrogen and oxygen atoms in total. The number of carbonyl (C=O) groups is 1. The van der Waals surface area contributed by atoms with Crippen molar-refractivity contribution < 1.29 is 14.3 Å². The molecular weight excluding hydrogens is 390 g/mol. The van der Waals surface area contributed by atoms with Crippen LogP contribution in [-0.4, -0.2) is 30.5 Å². The number of nitrogens with zero attached hydrogens (tertiary/aromatic N) is 1. The van der Waals surface area contributed by atoms with Gasteiger partial charge in [0.05, 0.1) is 18.7 Å². The monoisotopic (exact) mass is 413 g/mol. The zero-order chi connectivity index (χ0) is 21.2. The Morgan fingerprint density at radius 1 is 0.806 bits per heavy atom. The van der Waals surface area contributed by atoms with E-state index in [-0.39, 0.29) is 6.61 Å². The van der Waals surface area contributed by atoms with Crippen LogP contribution in [0.5, 0.6) is 0 Å². The van der Waals surface area contributed by atoms with E-state index in [0.29, 0.717) is 19.8 Å². The summed E-state index contributed by atoms with van der Waals surface area (Å²) in [4.78, 5) is 11.0. The molecule has 0 radical (unpaired) electrons. The number of amides is 1. The van der Waals surface area contributed by atoms with Crippen LogP contribution in [0.25, 0.3) is 43.4 Å². The van der Waals surface area contributed by atoms with Crippen molar-refractivity contribution in [2.24, 2.45) is 5.84 Å². The maximum Gasteiger partial charge on any atom is 0.421 e. The summed E-state index contributed by atoms with van der Waals surface area (Å²) in [6, 6.07) is 25.8. The summed E-state index contributed by atoms with van der Waals surface area (Å²) >= 11 is 0. The Labute approximate surface area is 179 Å². The van der Waals surface area contributed by atoms with Gasteiger partial charge in [0.1, 0.15) is 6.61 Å². The largest absolute Gasteiger partial charge is 0.446 e. The Morgan fingerprint density at radius 2 is 1.52 bits per heavy atom. The maximum atomic E-state index is 11.0. The summed E-state index contributed by atoms with van der Waals surface area (Å²) in [6.07, 6.45) is -0.663. The van der Waals surface area contributed by atoms with Gasteiger partial charge in [-0.25, -0.2) is 10.6 Å². The molecule has 3 N–H and O–H groups in total. The Hall–Kier alpha value is -3.61. The van der Waals surface area contributed by atoms with Crippen molar-refractivity contribution in [3.63, 3.8) is 0 Å². The normalized spacial score (nSPS) is 11.5. The summed E-state index contributed by atoms with van der Waals surface area (Å²) in [7, 11) is 0. The van der Waals surface area contributed by atoms with Gasteiger partial charge in [0.2, 0.25) is 0 Å². The lowest BCUT2D eigenvalue weighted by molar-refractivity contribution is 0.0699. The van der Waals surface area contributed by atoms with E-state index in [9.17, 15) is 4.79 Å². The van der Waals surface area contributed by atoms with Gasteiger partial charge in [0, 0.05) is 28.2 Å². The lowest BCUT2D eigenvalue weighted by Gasteiger charge is -2.11. The van der Waals surface area contributed by atoms with Crippen molar-refractivity contribution in [1.29, 1.82) is 0 Å². The van der Waals surface area contributed by atoms with Crippen LogP contribution in [0.2, 0.25) is 0 Å². The lowest BCUT2D eigenvalue weighted by Crippen LogP contribution is -2.31. The Morgan fingerprint density at radius 3 is 2.32 bits per heavy atom. The third-order valence-corrected chi connectivity index (χ3v) is 5.68. The second-order valence-electron chi connectivity index (χ2n) is 7.41. The SMILES string of the molecule is NNC(=O)OCCOCCn1c2ccc3ccccc3c2c2ccc3ccccc3c21. The number of hydrogen-bond acceptors (Lipinski definition) is 4. The predicted molar refractivity (Wildman–Crippen MR) is 124 cm³/mol. The summed E-state index contributed by atoms with van der Waals surface area (Å²) < 4.78 is 12.9. The van der Waals surface area contributed by atoms with Crippen LogP contribution in [0.4, 0.5) is 4.79 Å². The van der Waals surface area contributed by atoms with E-state index >= 15 is 0 Å². The third-order valence-electron chi connectivity index (χ3n) is 5.68. The minimum Gasteiger partial charge on any atom is -0.446 e. The number of carbonyl (C=O) groups excluding carboxylic acids is 1. The van der Waals surface area contributed by atoms with Crippen LogP contribution in [0.1, 0.15) is 0 Å². The van der Waals surface area contributed by atoms with Gasteiger partial charge in [0.25, 0.3) is 0 Å². The molecule has 31 heavy (non-hydrogen) atoms. The van der Waals surface area contributed by atoms with Gasteiger partial charge < -0.3 is 14.0 Å². The summed E-state index contributed by atoms with van der Waals surface area (Å²) in [5.74, 6) is 5.00. The zero-order valence-corrected chi connectivity index (χ0v) is 17.0. The summed E-state index contributed by atoms with van der Waals surface area (Å²) in [5.41, 5.74) is 4.33. The zero-order valence-electron chi connectivity index (χ0n) is 17.0. The Bertz CT molecular complexity index is 1410. The molecule has 5 rings (SSSR count). The summed E-state index contributed by atoms with van der Waals surface area (Å²) in [5, 5.41) is 7.43. The van der Waals surface area contributed by atoms with Crippen molar-refractivity contribution in [3.8, 4) is 0 Å². The second-order valence-corrected chi connectivity index (χ2v) is 7.41. The summed E-state index contributed by atoms with van der Waals surface area (Å²) in [6.45, 7) is 1.66. The topological polar surface area (TPSA) is 78.5 Å². The second kappa shape index (κ2) is 8.26. The van der Waals surface area contributed by atoms with Crippen LogP contribution in [-0.2, 0) is 16.0 Å². The standard InChI is InChI=1S/C25H23N3O3/c26-27-25(29)31-16-15-30-14-13-28-22-12-10-17-5-1-3-7-19(17)23(22)21-11-9-18-6-2-4-8-20(18)24(21)28/h1-12H,13-16,26H2,(H,27,29). The van der Waals surface area contributed by atoms with Gasteiger partial charge in [-0.15, -0.1) is 0 Å². The fourth-order valence-corrected chi connectivity index (χ4v) is 4.36. The highest BCUT2D eigenvalue weighted by molar-refractivity contribution is 6.25. The molecule has 0 aliphatic heterocycles. The Kier molecular flexibility index (Phi) is 5.16. The number of nitrogens with one attached hydrogen (secondary N) is 1.